The maximum absolute atomic E-state index is 12.1. The lowest BCUT2D eigenvalue weighted by atomic mass is 10.1. The molecule has 102 valence electrons. The molecule has 0 saturated heterocycles. The van der Waals surface area contributed by atoms with Gasteiger partial charge in [-0.25, -0.2) is 0 Å². The second-order valence-electron chi connectivity index (χ2n) is 3.73. The highest BCUT2D eigenvalue weighted by Crippen LogP contribution is 2.29. The van der Waals surface area contributed by atoms with Crippen LogP contribution in [0.4, 0.5) is 13.2 Å². The van der Waals surface area contributed by atoms with Crippen molar-refractivity contribution in [2.45, 2.75) is 25.3 Å². The zero-order valence-electron chi connectivity index (χ0n) is 9.41. The molecule has 0 heterocycles. The van der Waals surface area contributed by atoms with E-state index in [2.05, 4.69) is 0 Å². The molecule has 0 radical (unpaired) electrons. The summed E-state index contributed by atoms with van der Waals surface area (Å²) in [6.07, 6.45) is -8.26. The van der Waals surface area contributed by atoms with Crippen LogP contribution in [0.15, 0.2) is 18.2 Å². The van der Waals surface area contributed by atoms with Crippen molar-refractivity contribution in [2.75, 3.05) is 6.61 Å². The van der Waals surface area contributed by atoms with Crippen LogP contribution in [0.5, 0.6) is 5.75 Å². The molecular formula is C11H12ClF3O3. The first-order valence-electron chi connectivity index (χ1n) is 5.07. The van der Waals surface area contributed by atoms with Gasteiger partial charge in [-0.15, -0.1) is 0 Å². The fourth-order valence-electron chi connectivity index (χ4n) is 1.24. The fourth-order valence-corrected chi connectivity index (χ4v) is 1.42. The third-order valence-electron chi connectivity index (χ3n) is 2.20. The van der Waals surface area contributed by atoms with Gasteiger partial charge in [0.15, 0.2) is 6.10 Å². The summed E-state index contributed by atoms with van der Waals surface area (Å²) >= 11 is 5.70. The molecule has 7 heteroatoms. The summed E-state index contributed by atoms with van der Waals surface area (Å²) < 4.78 is 41.1. The van der Waals surface area contributed by atoms with E-state index in [1.54, 1.807) is 0 Å². The molecule has 0 spiro atoms. The number of halogens is 4. The SMILES string of the molecule is C[C@H](O)c1cc(Cl)ccc1OCC(O)C(F)(F)F. The van der Waals surface area contributed by atoms with Gasteiger partial charge in [0.05, 0.1) is 6.10 Å². The molecule has 0 fully saturated rings. The Kier molecular flexibility index (Phi) is 4.84. The van der Waals surface area contributed by atoms with E-state index in [0.717, 1.165) is 0 Å². The summed E-state index contributed by atoms with van der Waals surface area (Å²) in [5, 5.41) is 18.6. The molecule has 0 aliphatic heterocycles. The van der Waals surface area contributed by atoms with Crippen LogP contribution in [0.25, 0.3) is 0 Å². The van der Waals surface area contributed by atoms with Gasteiger partial charge < -0.3 is 14.9 Å². The number of hydrogen-bond acceptors (Lipinski definition) is 3. The van der Waals surface area contributed by atoms with Crippen molar-refractivity contribution in [2.24, 2.45) is 0 Å². The van der Waals surface area contributed by atoms with Gasteiger partial charge in [0, 0.05) is 10.6 Å². The summed E-state index contributed by atoms with van der Waals surface area (Å²) in [5.41, 5.74) is 0.261. The van der Waals surface area contributed by atoms with Gasteiger partial charge in [-0.2, -0.15) is 13.2 Å². The van der Waals surface area contributed by atoms with Crippen LogP contribution in [0.1, 0.15) is 18.6 Å². The van der Waals surface area contributed by atoms with Crippen molar-refractivity contribution in [3.8, 4) is 5.75 Å². The molecule has 0 aromatic heterocycles. The first-order chi connectivity index (χ1) is 8.21. The molecular weight excluding hydrogens is 273 g/mol. The van der Waals surface area contributed by atoms with Crippen molar-refractivity contribution in [1.29, 1.82) is 0 Å². The second kappa shape index (κ2) is 5.77. The van der Waals surface area contributed by atoms with E-state index < -0.39 is 25.0 Å². The Bertz CT molecular complexity index is 407. The van der Waals surface area contributed by atoms with Gasteiger partial charge in [0.1, 0.15) is 12.4 Å². The molecule has 0 bridgehead atoms. The van der Waals surface area contributed by atoms with Gasteiger partial charge >= 0.3 is 6.18 Å². The van der Waals surface area contributed by atoms with Crippen molar-refractivity contribution in [3.63, 3.8) is 0 Å². The van der Waals surface area contributed by atoms with E-state index in [1.807, 2.05) is 0 Å². The maximum atomic E-state index is 12.1. The van der Waals surface area contributed by atoms with E-state index in [-0.39, 0.29) is 11.3 Å². The average molecular weight is 285 g/mol. The molecule has 1 aromatic rings. The molecule has 1 aromatic carbocycles. The normalized spacial score (nSPS) is 15.3. The maximum Gasteiger partial charge on any atom is 0.417 e. The second-order valence-corrected chi connectivity index (χ2v) is 4.16. The predicted octanol–water partition coefficient (Wildman–Crippen LogP) is 2.70. The van der Waals surface area contributed by atoms with Crippen molar-refractivity contribution in [1.82, 2.24) is 0 Å². The molecule has 18 heavy (non-hydrogen) atoms. The topological polar surface area (TPSA) is 49.7 Å². The number of rotatable bonds is 4. The number of alkyl halides is 3. The average Bonchev–Trinajstić information content (AvgIpc) is 2.25. The Morgan fingerprint density at radius 2 is 1.94 bits per heavy atom. The van der Waals surface area contributed by atoms with E-state index in [4.69, 9.17) is 21.4 Å². The van der Waals surface area contributed by atoms with Crippen LogP contribution >= 0.6 is 11.6 Å². The van der Waals surface area contributed by atoms with Crippen LogP contribution in [0, 0.1) is 0 Å². The summed E-state index contributed by atoms with van der Waals surface area (Å²) in [5.74, 6) is 0.0534. The first-order valence-corrected chi connectivity index (χ1v) is 5.44. The molecule has 0 saturated carbocycles. The van der Waals surface area contributed by atoms with Gasteiger partial charge in [-0.1, -0.05) is 11.6 Å². The highest BCUT2D eigenvalue weighted by Gasteiger charge is 2.38. The summed E-state index contributed by atoms with van der Waals surface area (Å²) in [7, 11) is 0. The van der Waals surface area contributed by atoms with Crippen molar-refractivity contribution < 1.29 is 28.1 Å². The lowest BCUT2D eigenvalue weighted by Gasteiger charge is -2.18. The zero-order valence-corrected chi connectivity index (χ0v) is 10.2. The first kappa shape index (κ1) is 15.1. The monoisotopic (exact) mass is 284 g/mol. The minimum atomic E-state index is -4.74. The Balaban J connectivity index is 2.79. The number of benzene rings is 1. The molecule has 2 atom stereocenters. The lowest BCUT2D eigenvalue weighted by molar-refractivity contribution is -0.210. The number of ether oxygens (including phenoxy) is 1. The summed E-state index contributed by atoms with van der Waals surface area (Å²) in [6.45, 7) is 0.490. The van der Waals surface area contributed by atoms with Gasteiger partial charge in [0.25, 0.3) is 0 Å². The van der Waals surface area contributed by atoms with Crippen LogP contribution in [-0.4, -0.2) is 29.1 Å². The zero-order chi connectivity index (χ0) is 13.9. The number of aliphatic hydroxyl groups excluding tert-OH is 2. The molecule has 1 unspecified atom stereocenters. The van der Waals surface area contributed by atoms with Crippen LogP contribution in [0.3, 0.4) is 0 Å². The molecule has 0 amide bonds. The molecule has 0 aliphatic rings. The summed E-state index contributed by atoms with van der Waals surface area (Å²) in [6, 6.07) is 4.15. The fraction of sp³-hybridized carbons (Fsp3) is 0.455. The van der Waals surface area contributed by atoms with Gasteiger partial charge in [-0.05, 0) is 25.1 Å². The molecule has 1 rings (SSSR count). The van der Waals surface area contributed by atoms with E-state index in [0.29, 0.717) is 5.02 Å². The highest BCUT2D eigenvalue weighted by atomic mass is 35.5. The largest absolute Gasteiger partial charge is 0.490 e. The summed E-state index contributed by atoms with van der Waals surface area (Å²) in [4.78, 5) is 0. The van der Waals surface area contributed by atoms with Gasteiger partial charge in [0.2, 0.25) is 0 Å². The molecule has 0 aliphatic carbocycles. The number of aliphatic hydroxyl groups is 2. The molecule has 2 N–H and O–H groups in total. The lowest BCUT2D eigenvalue weighted by Crippen LogP contribution is -2.34. The third-order valence-corrected chi connectivity index (χ3v) is 2.43. The van der Waals surface area contributed by atoms with Crippen molar-refractivity contribution in [3.05, 3.63) is 28.8 Å². The Morgan fingerprint density at radius 1 is 1.33 bits per heavy atom. The van der Waals surface area contributed by atoms with E-state index >= 15 is 0 Å². The van der Waals surface area contributed by atoms with Crippen molar-refractivity contribution >= 4 is 11.6 Å². The van der Waals surface area contributed by atoms with Crippen LogP contribution in [0.2, 0.25) is 5.02 Å². The minimum absolute atomic E-state index is 0.0534. The Morgan fingerprint density at radius 3 is 2.44 bits per heavy atom. The van der Waals surface area contributed by atoms with Gasteiger partial charge in [-0.3, -0.25) is 0 Å². The van der Waals surface area contributed by atoms with Crippen LogP contribution < -0.4 is 4.74 Å². The number of hydrogen-bond donors (Lipinski definition) is 2. The highest BCUT2D eigenvalue weighted by molar-refractivity contribution is 6.30. The third kappa shape index (κ3) is 4.04. The Hall–Kier alpha value is -0.980. The Labute approximate surface area is 107 Å². The molecule has 3 nitrogen and oxygen atoms in total. The predicted molar refractivity (Wildman–Crippen MR) is 59.6 cm³/mol. The van der Waals surface area contributed by atoms with E-state index in [1.165, 1.54) is 25.1 Å². The smallest absolute Gasteiger partial charge is 0.417 e. The minimum Gasteiger partial charge on any atom is -0.490 e. The van der Waals surface area contributed by atoms with Crippen LogP contribution in [-0.2, 0) is 0 Å². The van der Waals surface area contributed by atoms with E-state index in [9.17, 15) is 18.3 Å². The standard InChI is InChI=1S/C11H12ClF3O3/c1-6(16)8-4-7(12)2-3-9(8)18-5-10(17)11(13,14)15/h2-4,6,10,16-17H,5H2,1H3/t6-,10?/m0/s1. The quantitative estimate of drug-likeness (QED) is 0.894.